The first-order chi connectivity index (χ1) is 10.9. The summed E-state index contributed by atoms with van der Waals surface area (Å²) in [4.78, 5) is 2.74. The Morgan fingerprint density at radius 2 is 1.91 bits per heavy atom. The van der Waals surface area contributed by atoms with Crippen molar-refractivity contribution in [1.29, 1.82) is 0 Å². The second-order valence-corrected chi connectivity index (χ2v) is 7.09. The molecular formula is C19H28N2O. The van der Waals surface area contributed by atoms with E-state index in [1.807, 2.05) is 0 Å². The highest BCUT2D eigenvalue weighted by Crippen LogP contribution is 2.40. The van der Waals surface area contributed by atoms with Gasteiger partial charge < -0.3 is 10.1 Å². The van der Waals surface area contributed by atoms with Crippen molar-refractivity contribution >= 4 is 0 Å². The minimum Gasteiger partial charge on any atom is -0.493 e. The quantitative estimate of drug-likeness (QED) is 0.928. The Labute approximate surface area is 134 Å². The fourth-order valence-corrected chi connectivity index (χ4v) is 4.58. The highest BCUT2D eigenvalue weighted by molar-refractivity contribution is 5.41. The molecule has 1 saturated heterocycles. The average Bonchev–Trinajstić information content (AvgIpc) is 3.05. The summed E-state index contributed by atoms with van der Waals surface area (Å²) in [5.41, 5.74) is 2.96. The van der Waals surface area contributed by atoms with Crippen LogP contribution in [-0.4, -0.2) is 37.7 Å². The fraction of sp³-hybridized carbons (Fsp3) is 0.684. The summed E-state index contributed by atoms with van der Waals surface area (Å²) < 4.78 is 5.70. The van der Waals surface area contributed by atoms with Crippen LogP contribution in [0, 0.1) is 5.92 Å². The molecule has 4 rings (SSSR count). The number of nitrogens with zero attached hydrogens (tertiary/aromatic N) is 1. The molecule has 3 heteroatoms. The van der Waals surface area contributed by atoms with Crippen LogP contribution in [0.25, 0.3) is 0 Å². The molecular weight excluding hydrogens is 272 g/mol. The van der Waals surface area contributed by atoms with Crippen molar-refractivity contribution in [2.45, 2.75) is 44.6 Å². The van der Waals surface area contributed by atoms with Crippen molar-refractivity contribution in [2.75, 3.05) is 32.8 Å². The van der Waals surface area contributed by atoms with Gasteiger partial charge in [-0.2, -0.15) is 0 Å². The van der Waals surface area contributed by atoms with E-state index in [4.69, 9.17) is 4.74 Å². The van der Waals surface area contributed by atoms with Crippen molar-refractivity contribution in [2.24, 2.45) is 5.92 Å². The van der Waals surface area contributed by atoms with E-state index in [0.29, 0.717) is 6.04 Å². The van der Waals surface area contributed by atoms with Crippen LogP contribution in [0.15, 0.2) is 18.2 Å². The molecule has 0 radical (unpaired) electrons. The summed E-state index contributed by atoms with van der Waals surface area (Å²) >= 11 is 0. The Balaban J connectivity index is 1.63. The predicted octanol–water partition coefficient (Wildman–Crippen LogP) is 3.15. The lowest BCUT2D eigenvalue weighted by molar-refractivity contribution is 0.103. The Hall–Kier alpha value is -1.06. The van der Waals surface area contributed by atoms with Gasteiger partial charge in [0.1, 0.15) is 5.75 Å². The molecule has 0 spiro atoms. The van der Waals surface area contributed by atoms with Crippen molar-refractivity contribution in [3.63, 3.8) is 0 Å². The maximum atomic E-state index is 5.70. The van der Waals surface area contributed by atoms with Crippen LogP contribution in [-0.2, 0) is 6.42 Å². The highest BCUT2D eigenvalue weighted by Gasteiger charge is 2.31. The topological polar surface area (TPSA) is 24.5 Å². The third kappa shape index (κ3) is 2.89. The Kier molecular flexibility index (Phi) is 4.35. The maximum absolute atomic E-state index is 5.70. The minimum atomic E-state index is 0.619. The van der Waals surface area contributed by atoms with Crippen LogP contribution >= 0.6 is 0 Å². The molecule has 2 fully saturated rings. The van der Waals surface area contributed by atoms with E-state index in [0.717, 1.165) is 37.8 Å². The van der Waals surface area contributed by atoms with Gasteiger partial charge >= 0.3 is 0 Å². The zero-order chi connectivity index (χ0) is 14.8. The summed E-state index contributed by atoms with van der Waals surface area (Å²) in [7, 11) is 0. The predicted molar refractivity (Wildman–Crippen MR) is 89.4 cm³/mol. The molecule has 2 aliphatic heterocycles. The number of hydrogen-bond acceptors (Lipinski definition) is 3. The second-order valence-electron chi connectivity index (χ2n) is 7.09. The average molecular weight is 300 g/mol. The Bertz CT molecular complexity index is 486. The molecule has 3 aliphatic rings. The van der Waals surface area contributed by atoms with Crippen LogP contribution in [0.1, 0.15) is 49.3 Å². The van der Waals surface area contributed by atoms with Crippen molar-refractivity contribution in [3.8, 4) is 5.75 Å². The van der Waals surface area contributed by atoms with Gasteiger partial charge in [0.25, 0.3) is 0 Å². The van der Waals surface area contributed by atoms with E-state index in [1.165, 1.54) is 56.3 Å². The SMILES string of the molecule is c1cc2c(cc1[C@H](C1CCCCC1)N1CCNCC1)CCO2. The number of fused-ring (bicyclic) bond motifs is 1. The lowest BCUT2D eigenvalue weighted by Gasteiger charge is -2.41. The number of benzene rings is 1. The van der Waals surface area contributed by atoms with Gasteiger partial charge in [0.05, 0.1) is 6.61 Å². The maximum Gasteiger partial charge on any atom is 0.122 e. The summed E-state index contributed by atoms with van der Waals surface area (Å²) in [5.74, 6) is 1.96. The van der Waals surface area contributed by atoms with Gasteiger partial charge in [-0.1, -0.05) is 31.4 Å². The van der Waals surface area contributed by atoms with Crippen LogP contribution in [0.4, 0.5) is 0 Å². The molecule has 1 aliphatic carbocycles. The second kappa shape index (κ2) is 6.59. The number of hydrogen-bond donors (Lipinski definition) is 1. The molecule has 0 unspecified atom stereocenters. The van der Waals surface area contributed by atoms with Crippen LogP contribution < -0.4 is 10.1 Å². The zero-order valence-corrected chi connectivity index (χ0v) is 13.5. The molecule has 0 amide bonds. The monoisotopic (exact) mass is 300 g/mol. The molecule has 1 atom stereocenters. The van der Waals surface area contributed by atoms with Gasteiger partial charge in [-0.25, -0.2) is 0 Å². The Morgan fingerprint density at radius 1 is 1.09 bits per heavy atom. The van der Waals surface area contributed by atoms with Gasteiger partial charge in [0.15, 0.2) is 0 Å². The van der Waals surface area contributed by atoms with Gasteiger partial charge in [-0.3, -0.25) is 4.90 Å². The minimum absolute atomic E-state index is 0.619. The molecule has 1 N–H and O–H groups in total. The highest BCUT2D eigenvalue weighted by atomic mass is 16.5. The first-order valence-corrected chi connectivity index (χ1v) is 9.12. The smallest absolute Gasteiger partial charge is 0.122 e. The molecule has 0 aromatic heterocycles. The number of ether oxygens (including phenoxy) is 1. The van der Waals surface area contributed by atoms with E-state index < -0.39 is 0 Å². The number of rotatable bonds is 3. The van der Waals surface area contributed by atoms with E-state index in [1.54, 1.807) is 0 Å². The molecule has 120 valence electrons. The first-order valence-electron chi connectivity index (χ1n) is 9.12. The van der Waals surface area contributed by atoms with E-state index in [2.05, 4.69) is 28.4 Å². The summed E-state index contributed by atoms with van der Waals surface area (Å²) in [6.07, 6.45) is 8.16. The molecule has 3 nitrogen and oxygen atoms in total. The fourth-order valence-electron chi connectivity index (χ4n) is 4.58. The van der Waals surface area contributed by atoms with Gasteiger partial charge in [0.2, 0.25) is 0 Å². The lowest BCUT2D eigenvalue weighted by Crippen LogP contribution is -2.47. The lowest BCUT2D eigenvalue weighted by atomic mass is 9.79. The van der Waals surface area contributed by atoms with Crippen LogP contribution in [0.3, 0.4) is 0 Å². The van der Waals surface area contributed by atoms with Crippen molar-refractivity contribution in [1.82, 2.24) is 10.2 Å². The standard InChI is InChI=1S/C19H28N2O/c1-2-4-15(5-3-1)19(21-11-9-20-10-12-21)17-6-7-18-16(14-17)8-13-22-18/h6-7,14-15,19-20H,1-5,8-13H2/t19-/m0/s1. The van der Waals surface area contributed by atoms with Crippen LogP contribution in [0.2, 0.25) is 0 Å². The summed E-state index contributed by atoms with van der Waals surface area (Å²) in [6, 6.07) is 7.62. The Morgan fingerprint density at radius 3 is 2.73 bits per heavy atom. The van der Waals surface area contributed by atoms with Gasteiger partial charge in [-0.05, 0) is 36.0 Å². The van der Waals surface area contributed by atoms with E-state index in [9.17, 15) is 0 Å². The molecule has 1 saturated carbocycles. The van der Waals surface area contributed by atoms with E-state index in [-0.39, 0.29) is 0 Å². The molecule has 2 heterocycles. The van der Waals surface area contributed by atoms with Gasteiger partial charge in [-0.15, -0.1) is 0 Å². The third-order valence-corrected chi connectivity index (χ3v) is 5.70. The number of piperazine rings is 1. The molecule has 1 aromatic carbocycles. The van der Waals surface area contributed by atoms with Crippen molar-refractivity contribution in [3.05, 3.63) is 29.3 Å². The first kappa shape index (κ1) is 14.5. The van der Waals surface area contributed by atoms with Crippen molar-refractivity contribution < 1.29 is 4.74 Å². The van der Waals surface area contributed by atoms with Gasteiger partial charge in [0, 0.05) is 38.6 Å². The zero-order valence-electron chi connectivity index (χ0n) is 13.5. The summed E-state index contributed by atoms with van der Waals surface area (Å²) in [5, 5.41) is 3.50. The largest absolute Gasteiger partial charge is 0.493 e. The summed E-state index contributed by atoms with van der Waals surface area (Å²) in [6.45, 7) is 5.51. The molecule has 0 bridgehead atoms. The normalized spacial score (nSPS) is 24.7. The van der Waals surface area contributed by atoms with E-state index >= 15 is 0 Å². The van der Waals surface area contributed by atoms with Crippen LogP contribution in [0.5, 0.6) is 5.75 Å². The number of nitrogens with one attached hydrogen (secondary N) is 1. The molecule has 22 heavy (non-hydrogen) atoms. The third-order valence-electron chi connectivity index (χ3n) is 5.70. The molecule has 1 aromatic rings.